The predicted octanol–water partition coefficient (Wildman–Crippen LogP) is 0.602. The lowest BCUT2D eigenvalue weighted by Crippen LogP contribution is -2.38. The molecule has 1 atom stereocenters. The van der Waals surface area contributed by atoms with Gasteiger partial charge in [-0.3, -0.25) is 4.90 Å². The Morgan fingerprint density at radius 2 is 2.00 bits per heavy atom. The van der Waals surface area contributed by atoms with Gasteiger partial charge < -0.3 is 15.4 Å². The van der Waals surface area contributed by atoms with Crippen molar-refractivity contribution in [1.82, 2.24) is 19.7 Å². The van der Waals surface area contributed by atoms with Crippen molar-refractivity contribution in [3.8, 4) is 0 Å². The molecule has 1 aromatic rings. The Balaban J connectivity index is 1.91. The van der Waals surface area contributed by atoms with E-state index in [4.69, 9.17) is 5.73 Å². The van der Waals surface area contributed by atoms with E-state index in [2.05, 4.69) is 10.2 Å². The molecule has 9 heteroatoms. The van der Waals surface area contributed by atoms with Crippen LogP contribution < -0.4 is 5.73 Å². The van der Waals surface area contributed by atoms with Gasteiger partial charge in [0.05, 0.1) is 12.1 Å². The standard InChI is InChI=1S/C12H20F3N5O/c1-11(21,8-16)3-2-4-19-5-6-20-9(7-19)17-18-10(20)12(13,14)15/h21H,2-8,16H2,1H3. The van der Waals surface area contributed by atoms with E-state index in [-0.39, 0.29) is 13.1 Å². The number of halogens is 3. The molecule has 6 nitrogen and oxygen atoms in total. The molecular weight excluding hydrogens is 287 g/mol. The first-order chi connectivity index (χ1) is 9.73. The Bertz CT molecular complexity index is 486. The van der Waals surface area contributed by atoms with Gasteiger partial charge in [0.2, 0.25) is 5.82 Å². The number of aromatic nitrogens is 3. The number of aliphatic hydroxyl groups is 1. The third-order valence-electron chi connectivity index (χ3n) is 3.72. The fourth-order valence-corrected chi connectivity index (χ4v) is 2.39. The van der Waals surface area contributed by atoms with Crippen molar-refractivity contribution in [1.29, 1.82) is 0 Å². The fourth-order valence-electron chi connectivity index (χ4n) is 2.39. The lowest BCUT2D eigenvalue weighted by atomic mass is 10.0. The van der Waals surface area contributed by atoms with Crippen molar-refractivity contribution in [2.75, 3.05) is 19.6 Å². The fraction of sp³-hybridized carbons (Fsp3) is 0.833. The van der Waals surface area contributed by atoms with Gasteiger partial charge in [0.1, 0.15) is 5.82 Å². The second-order valence-electron chi connectivity index (χ2n) is 5.67. The van der Waals surface area contributed by atoms with Gasteiger partial charge in [-0.25, -0.2) is 0 Å². The molecule has 3 N–H and O–H groups in total. The molecule has 0 fully saturated rings. The van der Waals surface area contributed by atoms with Gasteiger partial charge >= 0.3 is 6.18 Å². The van der Waals surface area contributed by atoms with Crippen molar-refractivity contribution in [3.63, 3.8) is 0 Å². The predicted molar refractivity (Wildman–Crippen MR) is 69.2 cm³/mol. The largest absolute Gasteiger partial charge is 0.451 e. The summed E-state index contributed by atoms with van der Waals surface area (Å²) >= 11 is 0. The van der Waals surface area contributed by atoms with Gasteiger partial charge in [0.25, 0.3) is 0 Å². The van der Waals surface area contributed by atoms with Crippen molar-refractivity contribution in [2.24, 2.45) is 5.73 Å². The minimum Gasteiger partial charge on any atom is -0.389 e. The molecular formula is C12H20F3N5O. The Morgan fingerprint density at radius 1 is 1.29 bits per heavy atom. The number of hydrogen-bond acceptors (Lipinski definition) is 5. The average molecular weight is 307 g/mol. The van der Waals surface area contributed by atoms with Crippen LogP contribution >= 0.6 is 0 Å². The quantitative estimate of drug-likeness (QED) is 0.833. The summed E-state index contributed by atoms with van der Waals surface area (Å²) in [4.78, 5) is 2.01. The molecule has 21 heavy (non-hydrogen) atoms. The molecule has 0 spiro atoms. The molecule has 120 valence electrons. The van der Waals surface area contributed by atoms with Crippen LogP contribution in [0.25, 0.3) is 0 Å². The smallest absolute Gasteiger partial charge is 0.389 e. The molecule has 1 aromatic heterocycles. The third-order valence-corrected chi connectivity index (χ3v) is 3.72. The second-order valence-corrected chi connectivity index (χ2v) is 5.67. The molecule has 0 aromatic carbocycles. The maximum atomic E-state index is 12.7. The molecule has 0 amide bonds. The molecule has 2 heterocycles. The molecule has 0 radical (unpaired) electrons. The van der Waals surface area contributed by atoms with Crippen LogP contribution in [0.5, 0.6) is 0 Å². The first-order valence-electron chi connectivity index (χ1n) is 6.87. The number of hydrogen-bond donors (Lipinski definition) is 2. The number of rotatable bonds is 5. The summed E-state index contributed by atoms with van der Waals surface area (Å²) in [6, 6.07) is 0. The van der Waals surface area contributed by atoms with E-state index < -0.39 is 17.6 Å². The Hall–Kier alpha value is -1.19. The van der Waals surface area contributed by atoms with Crippen LogP contribution in [0.15, 0.2) is 0 Å². The monoisotopic (exact) mass is 307 g/mol. The normalized spacial score (nSPS) is 19.3. The number of nitrogens with zero attached hydrogens (tertiary/aromatic N) is 4. The van der Waals surface area contributed by atoms with Crippen LogP contribution in [0.1, 0.15) is 31.4 Å². The van der Waals surface area contributed by atoms with E-state index >= 15 is 0 Å². The highest BCUT2D eigenvalue weighted by molar-refractivity contribution is 5.02. The zero-order valence-corrected chi connectivity index (χ0v) is 11.9. The zero-order valence-electron chi connectivity index (χ0n) is 11.9. The van der Waals surface area contributed by atoms with Gasteiger partial charge in [0.15, 0.2) is 0 Å². The molecule has 1 aliphatic rings. The van der Waals surface area contributed by atoms with Gasteiger partial charge in [-0.1, -0.05) is 0 Å². The van der Waals surface area contributed by atoms with E-state index in [9.17, 15) is 18.3 Å². The van der Waals surface area contributed by atoms with Crippen LogP contribution in [0.4, 0.5) is 13.2 Å². The highest BCUT2D eigenvalue weighted by Gasteiger charge is 2.39. The Labute approximate surface area is 120 Å². The molecule has 1 unspecified atom stereocenters. The molecule has 0 aliphatic carbocycles. The van der Waals surface area contributed by atoms with E-state index in [0.717, 1.165) is 11.0 Å². The lowest BCUT2D eigenvalue weighted by molar-refractivity contribution is -0.148. The maximum Gasteiger partial charge on any atom is 0.451 e. The van der Waals surface area contributed by atoms with Crippen molar-refractivity contribution in [2.45, 2.75) is 44.6 Å². The van der Waals surface area contributed by atoms with Crippen LogP contribution in [0, 0.1) is 0 Å². The van der Waals surface area contributed by atoms with Gasteiger partial charge in [-0.2, -0.15) is 13.2 Å². The Morgan fingerprint density at radius 3 is 2.62 bits per heavy atom. The van der Waals surface area contributed by atoms with E-state index in [1.807, 2.05) is 4.90 Å². The zero-order chi connectivity index (χ0) is 15.7. The SMILES string of the molecule is CC(O)(CN)CCCN1CCn2c(nnc2C(F)(F)F)C1. The first kappa shape index (κ1) is 16.2. The van der Waals surface area contributed by atoms with Crippen LogP contribution in [-0.2, 0) is 19.3 Å². The van der Waals surface area contributed by atoms with Crippen LogP contribution in [-0.4, -0.2) is 50.0 Å². The summed E-state index contributed by atoms with van der Waals surface area (Å²) in [5, 5.41) is 16.7. The topological polar surface area (TPSA) is 80.2 Å². The highest BCUT2D eigenvalue weighted by Crippen LogP contribution is 2.29. The molecule has 1 aliphatic heterocycles. The molecule has 0 saturated heterocycles. The summed E-state index contributed by atoms with van der Waals surface area (Å²) in [6.07, 6.45) is -3.18. The average Bonchev–Trinajstić information content (AvgIpc) is 2.81. The Kier molecular flexibility index (Phi) is 4.54. The number of nitrogens with two attached hydrogens (primary N) is 1. The first-order valence-corrected chi connectivity index (χ1v) is 6.87. The summed E-state index contributed by atoms with van der Waals surface area (Å²) in [6.45, 7) is 3.63. The minimum atomic E-state index is -4.47. The van der Waals surface area contributed by atoms with E-state index in [0.29, 0.717) is 31.9 Å². The lowest BCUT2D eigenvalue weighted by Gasteiger charge is -2.29. The second kappa shape index (κ2) is 5.90. The van der Waals surface area contributed by atoms with Crippen molar-refractivity contribution in [3.05, 3.63) is 11.6 Å². The van der Waals surface area contributed by atoms with Crippen LogP contribution in [0.2, 0.25) is 0 Å². The maximum absolute atomic E-state index is 12.7. The molecule has 0 bridgehead atoms. The third kappa shape index (κ3) is 3.92. The number of alkyl halides is 3. The number of fused-ring (bicyclic) bond motifs is 1. The molecule has 0 saturated carbocycles. The molecule has 2 rings (SSSR count). The van der Waals surface area contributed by atoms with Crippen LogP contribution in [0.3, 0.4) is 0 Å². The summed E-state index contributed by atoms with van der Waals surface area (Å²) in [5.41, 5.74) is 4.55. The van der Waals surface area contributed by atoms with E-state index in [1.165, 1.54) is 0 Å². The van der Waals surface area contributed by atoms with Gasteiger partial charge in [-0.05, 0) is 26.3 Å². The van der Waals surface area contributed by atoms with Gasteiger partial charge in [0, 0.05) is 19.6 Å². The summed E-state index contributed by atoms with van der Waals surface area (Å²) < 4.78 is 39.2. The minimum absolute atomic E-state index is 0.191. The van der Waals surface area contributed by atoms with Gasteiger partial charge in [-0.15, -0.1) is 10.2 Å². The van der Waals surface area contributed by atoms with Crippen molar-refractivity contribution < 1.29 is 18.3 Å². The highest BCUT2D eigenvalue weighted by atomic mass is 19.4. The van der Waals surface area contributed by atoms with E-state index in [1.54, 1.807) is 6.92 Å². The van der Waals surface area contributed by atoms with Crippen molar-refractivity contribution >= 4 is 0 Å². The summed E-state index contributed by atoms with van der Waals surface area (Å²) in [7, 11) is 0. The summed E-state index contributed by atoms with van der Waals surface area (Å²) in [5.74, 6) is -0.595.